The molecule has 0 unspecified atom stereocenters. The quantitative estimate of drug-likeness (QED) is 0.415. The van der Waals surface area contributed by atoms with Gasteiger partial charge in [-0.1, -0.05) is 0 Å². The van der Waals surface area contributed by atoms with E-state index in [9.17, 15) is 9.59 Å². The fraction of sp³-hybridized carbons (Fsp3) is 0.217. The first-order valence-corrected chi connectivity index (χ1v) is 10.7. The summed E-state index contributed by atoms with van der Waals surface area (Å²) < 4.78 is 22.3. The molecule has 0 saturated carbocycles. The summed E-state index contributed by atoms with van der Waals surface area (Å²) >= 11 is 1.18. The summed E-state index contributed by atoms with van der Waals surface area (Å²) in [5.41, 5.74) is 8.82. The van der Waals surface area contributed by atoms with Crippen molar-refractivity contribution in [2.24, 2.45) is 5.73 Å². The molecule has 33 heavy (non-hydrogen) atoms. The monoisotopic (exact) mass is 466 g/mol. The molecule has 2 aromatic carbocycles. The van der Waals surface area contributed by atoms with Crippen LogP contribution in [0.25, 0.3) is 33.0 Å². The Kier molecular flexibility index (Phi) is 6.01. The lowest BCUT2D eigenvalue weighted by Gasteiger charge is -2.12. The molecule has 0 atom stereocenters. The first-order valence-electron chi connectivity index (χ1n) is 9.93. The first-order chi connectivity index (χ1) is 15.9. The molecule has 0 saturated heterocycles. The largest absolute Gasteiger partial charge is 0.496 e. The van der Waals surface area contributed by atoms with Gasteiger partial charge in [-0.3, -0.25) is 9.59 Å². The zero-order valence-corrected chi connectivity index (χ0v) is 19.4. The Bertz CT molecular complexity index is 1350. The van der Waals surface area contributed by atoms with Crippen LogP contribution in [0.5, 0.6) is 11.5 Å². The highest BCUT2D eigenvalue weighted by Gasteiger charge is 2.22. The van der Waals surface area contributed by atoms with Crippen LogP contribution >= 0.6 is 11.5 Å². The Morgan fingerprint density at radius 2 is 1.76 bits per heavy atom. The van der Waals surface area contributed by atoms with Crippen LogP contribution in [-0.4, -0.2) is 47.1 Å². The molecule has 4 aromatic rings. The Morgan fingerprint density at radius 1 is 1.06 bits per heavy atom. The Balaban J connectivity index is 1.88. The van der Waals surface area contributed by atoms with Crippen LogP contribution in [0.1, 0.15) is 15.9 Å². The fourth-order valence-corrected chi connectivity index (χ4v) is 4.35. The number of amides is 1. The highest BCUT2D eigenvalue weighted by molar-refractivity contribution is 7.09. The molecule has 10 heteroatoms. The molecule has 0 fully saturated rings. The Morgan fingerprint density at radius 3 is 2.36 bits per heavy atom. The molecule has 0 aliphatic carbocycles. The van der Waals surface area contributed by atoms with Gasteiger partial charge in [0.15, 0.2) is 10.8 Å². The Hall–Kier alpha value is -3.92. The molecule has 0 aliphatic heterocycles. The number of ether oxygens (including phenoxy) is 3. The average Bonchev–Trinajstić information content (AvgIpc) is 3.42. The van der Waals surface area contributed by atoms with Crippen LogP contribution in [0.2, 0.25) is 0 Å². The molecule has 9 nitrogen and oxygen atoms in total. The van der Waals surface area contributed by atoms with Crippen molar-refractivity contribution in [2.45, 2.75) is 13.5 Å². The Labute approximate surface area is 193 Å². The third-order valence-electron chi connectivity index (χ3n) is 5.22. The standard InChI is InChI=1S/C23H22N4O5S/c1-12-7-17(30-2)20(18(8-12)31-3)22-25-23(33-26-22)16-10-14-9-13(21(24)29)5-6-15(14)27(16)11-19(28)32-4/h5-10H,11H2,1-4H3,(H2,24,29). The van der Waals surface area contributed by atoms with Crippen molar-refractivity contribution in [3.05, 3.63) is 47.5 Å². The van der Waals surface area contributed by atoms with Gasteiger partial charge in [0.2, 0.25) is 5.91 Å². The van der Waals surface area contributed by atoms with Gasteiger partial charge in [-0.25, -0.2) is 4.98 Å². The topological polar surface area (TPSA) is 119 Å². The van der Waals surface area contributed by atoms with Gasteiger partial charge in [-0.05, 0) is 60.4 Å². The maximum absolute atomic E-state index is 12.1. The number of primary amides is 1. The van der Waals surface area contributed by atoms with Gasteiger partial charge in [0.1, 0.15) is 23.6 Å². The van der Waals surface area contributed by atoms with Gasteiger partial charge >= 0.3 is 5.97 Å². The van der Waals surface area contributed by atoms with E-state index >= 15 is 0 Å². The molecular formula is C23H22N4O5S. The van der Waals surface area contributed by atoms with Gasteiger partial charge in [0.05, 0.1) is 27.0 Å². The van der Waals surface area contributed by atoms with E-state index < -0.39 is 11.9 Å². The number of nitrogens with two attached hydrogens (primary N) is 1. The first kappa shape index (κ1) is 22.3. The fourth-order valence-electron chi connectivity index (χ4n) is 3.66. The predicted molar refractivity (Wildman–Crippen MR) is 125 cm³/mol. The number of methoxy groups -OCH3 is 3. The summed E-state index contributed by atoms with van der Waals surface area (Å²) in [4.78, 5) is 28.5. The number of hydrogen-bond acceptors (Lipinski definition) is 8. The number of rotatable bonds is 7. The highest BCUT2D eigenvalue weighted by Crippen LogP contribution is 2.40. The second-order valence-electron chi connectivity index (χ2n) is 7.30. The van der Waals surface area contributed by atoms with Crippen molar-refractivity contribution < 1.29 is 23.8 Å². The van der Waals surface area contributed by atoms with Crippen molar-refractivity contribution >= 4 is 34.3 Å². The maximum atomic E-state index is 12.1. The summed E-state index contributed by atoms with van der Waals surface area (Å²) in [6, 6.07) is 10.7. The van der Waals surface area contributed by atoms with Crippen molar-refractivity contribution in [3.8, 4) is 33.6 Å². The molecule has 0 aliphatic rings. The summed E-state index contributed by atoms with van der Waals surface area (Å²) in [5, 5.41) is 1.32. The van der Waals surface area contributed by atoms with E-state index in [4.69, 9.17) is 24.9 Å². The van der Waals surface area contributed by atoms with Crippen molar-refractivity contribution in [1.82, 2.24) is 13.9 Å². The molecule has 2 heterocycles. The summed E-state index contributed by atoms with van der Waals surface area (Å²) in [6.07, 6.45) is 0. The third kappa shape index (κ3) is 4.12. The summed E-state index contributed by atoms with van der Waals surface area (Å²) in [6.45, 7) is 1.91. The van der Waals surface area contributed by atoms with E-state index in [1.807, 2.05) is 25.1 Å². The van der Waals surface area contributed by atoms with Crippen molar-refractivity contribution in [2.75, 3.05) is 21.3 Å². The van der Waals surface area contributed by atoms with E-state index in [1.54, 1.807) is 37.0 Å². The predicted octanol–water partition coefficient (Wildman–Crippen LogP) is 3.42. The number of esters is 1. The van der Waals surface area contributed by atoms with Crippen molar-refractivity contribution in [1.29, 1.82) is 0 Å². The van der Waals surface area contributed by atoms with E-state index in [-0.39, 0.29) is 6.54 Å². The molecule has 2 N–H and O–H groups in total. The van der Waals surface area contributed by atoms with E-state index in [0.29, 0.717) is 39.2 Å². The third-order valence-corrected chi connectivity index (χ3v) is 5.96. The number of carbonyl (C=O) groups is 2. The molecule has 0 radical (unpaired) electrons. The van der Waals surface area contributed by atoms with E-state index in [2.05, 4.69) is 4.37 Å². The average molecular weight is 467 g/mol. The number of benzene rings is 2. The number of nitrogens with zero attached hydrogens (tertiary/aromatic N) is 3. The van der Waals surface area contributed by atoms with E-state index in [1.165, 1.54) is 18.6 Å². The molecule has 170 valence electrons. The summed E-state index contributed by atoms with van der Waals surface area (Å²) in [7, 11) is 4.49. The molecule has 2 aromatic heterocycles. The van der Waals surface area contributed by atoms with Crippen LogP contribution in [0.4, 0.5) is 0 Å². The number of fused-ring (bicyclic) bond motifs is 1. The van der Waals surface area contributed by atoms with Gasteiger partial charge < -0.3 is 24.5 Å². The van der Waals surface area contributed by atoms with Crippen LogP contribution in [0, 0.1) is 6.92 Å². The second kappa shape index (κ2) is 8.91. The molecule has 4 rings (SSSR count). The number of carbonyl (C=O) groups excluding carboxylic acids is 2. The molecule has 0 spiro atoms. The van der Waals surface area contributed by atoms with Gasteiger partial charge in [0, 0.05) is 16.5 Å². The number of hydrogen-bond donors (Lipinski definition) is 1. The van der Waals surface area contributed by atoms with Crippen LogP contribution in [-0.2, 0) is 16.1 Å². The minimum absolute atomic E-state index is 0.0304. The van der Waals surface area contributed by atoms with Crippen molar-refractivity contribution in [3.63, 3.8) is 0 Å². The molecule has 0 bridgehead atoms. The minimum atomic E-state index is -0.532. The highest BCUT2D eigenvalue weighted by atomic mass is 32.1. The van der Waals surface area contributed by atoms with Gasteiger partial charge in [0.25, 0.3) is 0 Å². The number of aryl methyl sites for hydroxylation is 1. The second-order valence-corrected chi connectivity index (χ2v) is 8.05. The SMILES string of the molecule is COC(=O)Cn1c(-c2nc(-c3c(OC)cc(C)cc3OC)ns2)cc2cc(C(N)=O)ccc21. The van der Waals surface area contributed by atoms with Gasteiger partial charge in [-0.2, -0.15) is 4.37 Å². The van der Waals surface area contributed by atoms with Crippen LogP contribution in [0.15, 0.2) is 36.4 Å². The van der Waals surface area contributed by atoms with Gasteiger partial charge in [-0.15, -0.1) is 0 Å². The van der Waals surface area contributed by atoms with Crippen LogP contribution in [0.3, 0.4) is 0 Å². The molecule has 1 amide bonds. The smallest absolute Gasteiger partial charge is 0.325 e. The lowest BCUT2D eigenvalue weighted by atomic mass is 10.1. The normalized spacial score (nSPS) is 10.9. The minimum Gasteiger partial charge on any atom is -0.496 e. The zero-order valence-electron chi connectivity index (χ0n) is 18.5. The number of aromatic nitrogens is 3. The van der Waals surface area contributed by atoms with Crippen LogP contribution < -0.4 is 15.2 Å². The maximum Gasteiger partial charge on any atom is 0.325 e. The van der Waals surface area contributed by atoms with E-state index in [0.717, 1.165) is 16.5 Å². The molecular weight excluding hydrogens is 444 g/mol. The zero-order chi connectivity index (χ0) is 23.7. The summed E-state index contributed by atoms with van der Waals surface area (Å²) in [5.74, 6) is 0.682. The lowest BCUT2D eigenvalue weighted by molar-refractivity contribution is -0.141. The lowest BCUT2D eigenvalue weighted by Crippen LogP contribution is -2.13.